The zero-order valence-electron chi connectivity index (χ0n) is 15.0. The predicted octanol–water partition coefficient (Wildman–Crippen LogP) is 1.58. The van der Waals surface area contributed by atoms with Crippen molar-refractivity contribution in [1.82, 2.24) is 19.4 Å². The van der Waals surface area contributed by atoms with Crippen LogP contribution in [0.25, 0.3) is 11.2 Å². The summed E-state index contributed by atoms with van der Waals surface area (Å²) >= 11 is 0. The molecule has 0 saturated heterocycles. The van der Waals surface area contributed by atoms with E-state index in [1.54, 1.807) is 25.3 Å². The third kappa shape index (κ3) is 3.76. The highest BCUT2D eigenvalue weighted by Crippen LogP contribution is 2.19. The summed E-state index contributed by atoms with van der Waals surface area (Å²) < 4.78 is 2.55. The Morgan fingerprint density at radius 2 is 2.04 bits per heavy atom. The van der Waals surface area contributed by atoms with Crippen LogP contribution in [0.4, 0.5) is 0 Å². The van der Waals surface area contributed by atoms with Crippen molar-refractivity contribution in [3.05, 3.63) is 50.7 Å². The molecule has 2 aromatic rings. The van der Waals surface area contributed by atoms with Gasteiger partial charge in [0.15, 0.2) is 5.65 Å². The van der Waals surface area contributed by atoms with Crippen LogP contribution in [0.3, 0.4) is 0 Å². The standard InChI is InChI=1S/C19H24N4O3/c1-2-22-17-15(9-6-11-21-17)23(19(26)18(22)25)13-16(24)20-12-10-14-7-4-3-5-8-14/h6-7,9,11H,2-5,8,10,12-13H2,1H3,(H,20,24). The number of fused-ring (bicyclic) bond motifs is 1. The van der Waals surface area contributed by atoms with Crippen molar-refractivity contribution in [3.63, 3.8) is 0 Å². The first-order valence-corrected chi connectivity index (χ1v) is 9.14. The van der Waals surface area contributed by atoms with Gasteiger partial charge >= 0.3 is 11.1 Å². The molecule has 1 aliphatic rings. The Morgan fingerprint density at radius 1 is 1.23 bits per heavy atom. The maximum Gasteiger partial charge on any atom is 0.318 e. The number of nitrogens with one attached hydrogen (secondary N) is 1. The van der Waals surface area contributed by atoms with Crippen LogP contribution < -0.4 is 16.4 Å². The molecule has 0 aliphatic heterocycles. The van der Waals surface area contributed by atoms with Crippen molar-refractivity contribution in [3.8, 4) is 0 Å². The highest BCUT2D eigenvalue weighted by Gasteiger charge is 2.15. The van der Waals surface area contributed by atoms with E-state index in [9.17, 15) is 14.4 Å². The molecule has 1 N–H and O–H groups in total. The van der Waals surface area contributed by atoms with Gasteiger partial charge in [-0.15, -0.1) is 0 Å². The number of carbonyl (C=O) groups is 1. The van der Waals surface area contributed by atoms with Crippen molar-refractivity contribution in [1.29, 1.82) is 0 Å². The quantitative estimate of drug-likeness (QED) is 0.629. The molecule has 0 atom stereocenters. The van der Waals surface area contributed by atoms with Crippen molar-refractivity contribution in [2.45, 2.75) is 52.1 Å². The highest BCUT2D eigenvalue weighted by atomic mass is 16.2. The van der Waals surface area contributed by atoms with Gasteiger partial charge in [0.05, 0.1) is 5.52 Å². The number of hydrogen-bond acceptors (Lipinski definition) is 4. The summed E-state index contributed by atoms with van der Waals surface area (Å²) in [5, 5.41) is 2.85. The molecule has 7 heteroatoms. The topological polar surface area (TPSA) is 86.0 Å². The Hall–Kier alpha value is -2.70. The molecule has 0 bridgehead atoms. The van der Waals surface area contributed by atoms with Crippen LogP contribution in [0.5, 0.6) is 0 Å². The van der Waals surface area contributed by atoms with E-state index in [-0.39, 0.29) is 12.5 Å². The molecule has 0 aromatic carbocycles. The lowest BCUT2D eigenvalue weighted by Gasteiger charge is -2.14. The van der Waals surface area contributed by atoms with Gasteiger partial charge in [0.2, 0.25) is 5.91 Å². The molecular formula is C19H24N4O3. The first-order chi connectivity index (χ1) is 12.6. The summed E-state index contributed by atoms with van der Waals surface area (Å²) in [6.45, 7) is 2.50. The van der Waals surface area contributed by atoms with Gasteiger partial charge in [0, 0.05) is 19.3 Å². The summed E-state index contributed by atoms with van der Waals surface area (Å²) in [6, 6.07) is 3.39. The van der Waals surface area contributed by atoms with E-state index in [0.717, 1.165) is 19.3 Å². The number of hydrogen-bond donors (Lipinski definition) is 1. The Labute approximate surface area is 151 Å². The normalized spacial score (nSPS) is 14.3. The Kier molecular flexibility index (Phi) is 5.65. The van der Waals surface area contributed by atoms with Gasteiger partial charge in [-0.1, -0.05) is 11.6 Å². The summed E-state index contributed by atoms with van der Waals surface area (Å²) in [6.07, 6.45) is 9.32. The lowest BCUT2D eigenvalue weighted by molar-refractivity contribution is -0.121. The monoisotopic (exact) mass is 356 g/mol. The second kappa shape index (κ2) is 8.12. The predicted molar refractivity (Wildman–Crippen MR) is 100 cm³/mol. The maximum atomic E-state index is 12.4. The van der Waals surface area contributed by atoms with Gasteiger partial charge in [0.25, 0.3) is 0 Å². The van der Waals surface area contributed by atoms with Gasteiger partial charge in [-0.2, -0.15) is 0 Å². The van der Waals surface area contributed by atoms with Crippen LogP contribution in [-0.4, -0.2) is 26.6 Å². The van der Waals surface area contributed by atoms with E-state index in [2.05, 4.69) is 16.4 Å². The van der Waals surface area contributed by atoms with Gasteiger partial charge in [-0.3, -0.25) is 23.5 Å². The maximum absolute atomic E-state index is 12.4. The Bertz CT molecular complexity index is 955. The number of nitrogens with zero attached hydrogens (tertiary/aromatic N) is 3. The fourth-order valence-electron chi connectivity index (χ4n) is 3.39. The minimum absolute atomic E-state index is 0.181. The van der Waals surface area contributed by atoms with Gasteiger partial charge in [0.1, 0.15) is 6.54 Å². The highest BCUT2D eigenvalue weighted by molar-refractivity contribution is 5.78. The Morgan fingerprint density at radius 3 is 2.77 bits per heavy atom. The van der Waals surface area contributed by atoms with E-state index >= 15 is 0 Å². The number of rotatable bonds is 6. The number of pyridine rings is 1. The van der Waals surface area contributed by atoms with Gasteiger partial charge in [-0.05, 0) is 51.2 Å². The van der Waals surface area contributed by atoms with Crippen LogP contribution in [0.15, 0.2) is 39.6 Å². The third-order valence-corrected chi connectivity index (χ3v) is 4.76. The summed E-state index contributed by atoms with van der Waals surface area (Å²) in [4.78, 5) is 41.2. The zero-order chi connectivity index (χ0) is 18.5. The molecule has 2 heterocycles. The molecular weight excluding hydrogens is 332 g/mol. The van der Waals surface area contributed by atoms with Gasteiger partial charge < -0.3 is 5.32 Å². The smallest absolute Gasteiger partial charge is 0.318 e. The zero-order valence-corrected chi connectivity index (χ0v) is 15.0. The fourth-order valence-corrected chi connectivity index (χ4v) is 3.39. The average Bonchev–Trinajstić information content (AvgIpc) is 2.67. The van der Waals surface area contributed by atoms with Crippen LogP contribution in [0.2, 0.25) is 0 Å². The number of aryl methyl sites for hydroxylation is 1. The van der Waals surface area contributed by atoms with Crippen LogP contribution >= 0.6 is 0 Å². The molecule has 1 aliphatic carbocycles. The molecule has 0 saturated carbocycles. The first kappa shape index (κ1) is 18.1. The first-order valence-electron chi connectivity index (χ1n) is 9.14. The van der Waals surface area contributed by atoms with Crippen molar-refractivity contribution >= 4 is 17.1 Å². The summed E-state index contributed by atoms with van der Waals surface area (Å²) in [5.41, 5.74) is 0.939. The van der Waals surface area contributed by atoms with E-state index < -0.39 is 11.1 Å². The third-order valence-electron chi connectivity index (χ3n) is 4.76. The van der Waals surface area contributed by atoms with Crippen LogP contribution in [-0.2, 0) is 17.9 Å². The number of carbonyl (C=O) groups excluding carboxylic acids is 1. The number of amides is 1. The fraction of sp³-hybridized carbons (Fsp3) is 0.474. The second-order valence-electron chi connectivity index (χ2n) is 6.49. The van der Waals surface area contributed by atoms with Crippen molar-refractivity contribution in [2.24, 2.45) is 0 Å². The van der Waals surface area contributed by atoms with Crippen molar-refractivity contribution < 1.29 is 4.79 Å². The molecule has 0 spiro atoms. The van der Waals surface area contributed by atoms with E-state index in [1.807, 2.05) is 0 Å². The lowest BCUT2D eigenvalue weighted by Crippen LogP contribution is -2.44. The SMILES string of the molecule is CCn1c(=O)c(=O)n(CC(=O)NCCC2=CCCCC2)c2cccnc21. The van der Waals surface area contributed by atoms with Crippen molar-refractivity contribution in [2.75, 3.05) is 6.54 Å². The Balaban J connectivity index is 1.77. The number of allylic oxidation sites excluding steroid dienone is 1. The van der Waals surface area contributed by atoms with Crippen LogP contribution in [0, 0.1) is 0 Å². The molecule has 26 heavy (non-hydrogen) atoms. The molecule has 0 fully saturated rings. The average molecular weight is 356 g/mol. The largest absolute Gasteiger partial charge is 0.354 e. The molecule has 0 radical (unpaired) electrons. The van der Waals surface area contributed by atoms with Crippen LogP contribution in [0.1, 0.15) is 39.0 Å². The minimum Gasteiger partial charge on any atom is -0.354 e. The molecule has 3 rings (SSSR count). The molecule has 1 amide bonds. The molecule has 0 unspecified atom stereocenters. The van der Waals surface area contributed by atoms with E-state index in [1.165, 1.54) is 27.5 Å². The van der Waals surface area contributed by atoms with E-state index in [4.69, 9.17) is 0 Å². The lowest BCUT2D eigenvalue weighted by atomic mass is 9.97. The summed E-state index contributed by atoms with van der Waals surface area (Å²) in [7, 11) is 0. The molecule has 2 aromatic heterocycles. The number of aromatic nitrogens is 3. The molecule has 7 nitrogen and oxygen atoms in total. The summed E-state index contributed by atoms with van der Waals surface area (Å²) in [5.74, 6) is -0.276. The minimum atomic E-state index is -0.697. The van der Waals surface area contributed by atoms with E-state index in [0.29, 0.717) is 24.3 Å². The molecule has 138 valence electrons. The second-order valence-corrected chi connectivity index (χ2v) is 6.49. The van der Waals surface area contributed by atoms with Gasteiger partial charge in [-0.25, -0.2) is 4.98 Å².